The number of aliphatic carboxylic acids is 2. The standard InChI is InChI=1S/C17H20N4O6S3/c1-6(18)13(24)20-11-14(25)21-12(16(26)27)8(4-28-15(11)21)5-29-17-19-7(2)9(30-17)3-10(22)23/h6,11,15H,3-5,18H2,1-2H3,(H,20,24)(H,22,23)(H,26,27)/t6-,11-,15-/m1/s1. The molecular formula is C17H20N4O6S3. The lowest BCUT2D eigenvalue weighted by Gasteiger charge is -2.49. The third kappa shape index (κ3) is 4.48. The Hall–Kier alpha value is -2.09. The fraction of sp³-hybridized carbons (Fsp3) is 0.471. The maximum atomic E-state index is 12.5. The number of carbonyl (C=O) groups is 4. The van der Waals surface area contributed by atoms with Crippen LogP contribution in [0.15, 0.2) is 15.6 Å². The number of rotatable bonds is 8. The molecule has 0 spiro atoms. The van der Waals surface area contributed by atoms with Gasteiger partial charge in [0.25, 0.3) is 5.91 Å². The summed E-state index contributed by atoms with van der Waals surface area (Å²) in [4.78, 5) is 53.3. The van der Waals surface area contributed by atoms with Crippen molar-refractivity contribution in [2.45, 2.75) is 42.1 Å². The molecule has 0 unspecified atom stereocenters. The Balaban J connectivity index is 1.73. The maximum Gasteiger partial charge on any atom is 0.352 e. The molecule has 1 aromatic rings. The molecule has 3 rings (SSSR count). The highest BCUT2D eigenvalue weighted by Crippen LogP contribution is 2.42. The Bertz CT molecular complexity index is 944. The van der Waals surface area contributed by atoms with E-state index in [2.05, 4.69) is 10.3 Å². The molecule has 2 amide bonds. The molecule has 0 radical (unpaired) electrons. The topological polar surface area (TPSA) is 163 Å². The van der Waals surface area contributed by atoms with Gasteiger partial charge in [0.05, 0.1) is 18.2 Å². The second-order valence-corrected chi connectivity index (χ2v) is 10.2. The van der Waals surface area contributed by atoms with Gasteiger partial charge in [-0.25, -0.2) is 9.78 Å². The number of β-lactam (4-membered cyclic amide) rings is 1. The van der Waals surface area contributed by atoms with Crippen LogP contribution in [0.3, 0.4) is 0 Å². The minimum Gasteiger partial charge on any atom is -0.481 e. The van der Waals surface area contributed by atoms with Gasteiger partial charge in [0.15, 0.2) is 4.34 Å². The van der Waals surface area contributed by atoms with Crippen LogP contribution in [0.4, 0.5) is 0 Å². The number of nitrogens with zero attached hydrogens (tertiary/aromatic N) is 2. The molecule has 0 saturated carbocycles. The number of nitrogens with two attached hydrogens (primary N) is 1. The zero-order valence-electron chi connectivity index (χ0n) is 16.1. The Morgan fingerprint density at radius 2 is 2.10 bits per heavy atom. The van der Waals surface area contributed by atoms with E-state index < -0.39 is 41.2 Å². The van der Waals surface area contributed by atoms with E-state index in [1.807, 2.05) is 0 Å². The third-order valence-electron chi connectivity index (χ3n) is 4.52. The van der Waals surface area contributed by atoms with Gasteiger partial charge in [0.2, 0.25) is 5.91 Å². The zero-order chi connectivity index (χ0) is 22.2. The van der Waals surface area contributed by atoms with Crippen molar-refractivity contribution in [3.05, 3.63) is 21.8 Å². The summed E-state index contributed by atoms with van der Waals surface area (Å²) in [6, 6.07) is -1.56. The van der Waals surface area contributed by atoms with Gasteiger partial charge in [-0.3, -0.25) is 19.3 Å². The minimum atomic E-state index is -1.21. The highest BCUT2D eigenvalue weighted by Gasteiger charge is 2.54. The summed E-state index contributed by atoms with van der Waals surface area (Å²) in [5.41, 5.74) is 6.67. The van der Waals surface area contributed by atoms with Gasteiger partial charge in [0.1, 0.15) is 17.1 Å². The molecule has 5 N–H and O–H groups in total. The number of thiazole rings is 1. The summed E-state index contributed by atoms with van der Waals surface area (Å²) in [5.74, 6) is -2.39. The Morgan fingerprint density at radius 3 is 2.70 bits per heavy atom. The van der Waals surface area contributed by atoms with E-state index in [0.29, 0.717) is 32.0 Å². The van der Waals surface area contributed by atoms with E-state index in [1.54, 1.807) is 6.92 Å². The van der Waals surface area contributed by atoms with E-state index in [-0.39, 0.29) is 12.1 Å². The summed E-state index contributed by atoms with van der Waals surface area (Å²) < 4.78 is 0.644. The SMILES string of the molecule is Cc1nc(SCC2=C(C(=O)O)N3C(=O)[C@@H](NC(=O)[C@@H](C)N)[C@H]3SC2)sc1CC(=O)O. The van der Waals surface area contributed by atoms with Crippen LogP contribution in [0.1, 0.15) is 17.5 Å². The lowest BCUT2D eigenvalue weighted by molar-refractivity contribution is -0.150. The first-order chi connectivity index (χ1) is 14.1. The molecule has 1 saturated heterocycles. The van der Waals surface area contributed by atoms with Crippen molar-refractivity contribution in [1.82, 2.24) is 15.2 Å². The molecule has 2 aliphatic rings. The molecule has 162 valence electrons. The number of nitrogens with one attached hydrogen (secondary N) is 1. The summed E-state index contributed by atoms with van der Waals surface area (Å²) in [6.07, 6.45) is -0.110. The largest absolute Gasteiger partial charge is 0.481 e. The molecule has 0 aliphatic carbocycles. The molecule has 1 fully saturated rings. The number of hydrogen-bond donors (Lipinski definition) is 4. The van der Waals surface area contributed by atoms with Crippen LogP contribution in [-0.2, 0) is 25.6 Å². The number of amides is 2. The number of carboxylic acids is 2. The van der Waals surface area contributed by atoms with Crippen molar-refractivity contribution in [2.24, 2.45) is 5.73 Å². The van der Waals surface area contributed by atoms with E-state index in [9.17, 15) is 24.3 Å². The smallest absolute Gasteiger partial charge is 0.352 e. The summed E-state index contributed by atoms with van der Waals surface area (Å²) in [5, 5.41) is 20.7. The van der Waals surface area contributed by atoms with E-state index >= 15 is 0 Å². The average Bonchev–Trinajstić information content (AvgIpc) is 3.01. The molecule has 30 heavy (non-hydrogen) atoms. The molecule has 2 aliphatic heterocycles. The number of thioether (sulfide) groups is 2. The quantitative estimate of drug-likeness (QED) is 0.305. The lowest BCUT2D eigenvalue weighted by Crippen LogP contribution is -2.71. The highest BCUT2D eigenvalue weighted by atomic mass is 32.2. The van der Waals surface area contributed by atoms with Gasteiger partial charge in [-0.15, -0.1) is 23.1 Å². The Morgan fingerprint density at radius 1 is 1.40 bits per heavy atom. The predicted octanol–water partition coefficient (Wildman–Crippen LogP) is 0.257. The van der Waals surface area contributed by atoms with Gasteiger partial charge >= 0.3 is 11.9 Å². The molecule has 0 bridgehead atoms. The molecule has 13 heteroatoms. The monoisotopic (exact) mass is 472 g/mol. The van der Waals surface area contributed by atoms with Gasteiger partial charge < -0.3 is 21.3 Å². The fourth-order valence-electron chi connectivity index (χ4n) is 2.99. The molecule has 3 atom stereocenters. The first-order valence-electron chi connectivity index (χ1n) is 8.87. The molecule has 10 nitrogen and oxygen atoms in total. The second-order valence-electron chi connectivity index (χ2n) is 6.79. The van der Waals surface area contributed by atoms with Crippen LogP contribution < -0.4 is 11.1 Å². The summed E-state index contributed by atoms with van der Waals surface area (Å²) in [7, 11) is 0. The number of aromatic nitrogens is 1. The van der Waals surface area contributed by atoms with Gasteiger partial charge in [-0.2, -0.15) is 0 Å². The average molecular weight is 473 g/mol. The van der Waals surface area contributed by atoms with Gasteiger partial charge in [-0.05, 0) is 19.4 Å². The van der Waals surface area contributed by atoms with E-state index in [1.165, 1.54) is 46.7 Å². The third-order valence-corrected chi connectivity index (χ3v) is 8.24. The number of fused-ring (bicyclic) bond motifs is 1. The van der Waals surface area contributed by atoms with Crippen molar-refractivity contribution in [3.63, 3.8) is 0 Å². The van der Waals surface area contributed by atoms with E-state index in [4.69, 9.17) is 10.8 Å². The van der Waals surface area contributed by atoms with Crippen LogP contribution >= 0.6 is 34.9 Å². The fourth-order valence-corrected chi connectivity index (χ4v) is 6.70. The van der Waals surface area contributed by atoms with Crippen LogP contribution in [0.5, 0.6) is 0 Å². The summed E-state index contributed by atoms with van der Waals surface area (Å²) in [6.45, 7) is 3.24. The van der Waals surface area contributed by atoms with Crippen LogP contribution in [0.2, 0.25) is 0 Å². The number of carboxylic acid groups (broad SMARTS) is 2. The van der Waals surface area contributed by atoms with Crippen LogP contribution in [0.25, 0.3) is 0 Å². The van der Waals surface area contributed by atoms with E-state index in [0.717, 1.165) is 0 Å². The minimum absolute atomic E-state index is 0.0680. The Labute approximate surface area is 184 Å². The first-order valence-corrected chi connectivity index (χ1v) is 11.7. The number of aryl methyl sites for hydroxylation is 1. The summed E-state index contributed by atoms with van der Waals surface area (Å²) >= 11 is 3.96. The lowest BCUT2D eigenvalue weighted by atomic mass is 10.0. The Kier molecular flexibility index (Phi) is 6.75. The van der Waals surface area contributed by atoms with Gasteiger partial charge in [-0.1, -0.05) is 11.8 Å². The molecular weight excluding hydrogens is 452 g/mol. The van der Waals surface area contributed by atoms with Crippen molar-refractivity contribution in [3.8, 4) is 0 Å². The molecule has 0 aromatic carbocycles. The number of hydrogen-bond acceptors (Lipinski definition) is 9. The van der Waals surface area contributed by atoms with Crippen molar-refractivity contribution >= 4 is 58.6 Å². The zero-order valence-corrected chi connectivity index (χ0v) is 18.5. The highest BCUT2D eigenvalue weighted by molar-refractivity contribution is 8.01. The first kappa shape index (κ1) is 22.6. The van der Waals surface area contributed by atoms with Crippen molar-refractivity contribution < 1.29 is 29.4 Å². The normalized spacial score (nSPS) is 21.7. The number of carbonyl (C=O) groups excluding carboxylic acids is 2. The van der Waals surface area contributed by atoms with Crippen molar-refractivity contribution in [1.29, 1.82) is 0 Å². The van der Waals surface area contributed by atoms with Gasteiger partial charge in [0, 0.05) is 16.4 Å². The van der Waals surface area contributed by atoms with Crippen LogP contribution in [0, 0.1) is 6.92 Å². The molecule has 1 aromatic heterocycles. The predicted molar refractivity (Wildman–Crippen MR) is 112 cm³/mol. The molecule has 3 heterocycles. The van der Waals surface area contributed by atoms with Crippen molar-refractivity contribution in [2.75, 3.05) is 11.5 Å². The van der Waals surface area contributed by atoms with Crippen LogP contribution in [-0.4, -0.2) is 72.8 Å². The second kappa shape index (κ2) is 8.96. The maximum absolute atomic E-state index is 12.5.